The van der Waals surface area contributed by atoms with E-state index in [0.717, 1.165) is 17.9 Å². The normalized spacial score (nSPS) is 36.5. The number of para-hydroxylation sites is 1. The van der Waals surface area contributed by atoms with Crippen LogP contribution >= 0.6 is 0 Å². The van der Waals surface area contributed by atoms with Gasteiger partial charge in [-0.25, -0.2) is 0 Å². The van der Waals surface area contributed by atoms with Crippen LogP contribution in [0.3, 0.4) is 0 Å². The lowest BCUT2D eigenvalue weighted by molar-refractivity contribution is 0.316. The molecular formula is C14H17N. The van der Waals surface area contributed by atoms with E-state index in [1.54, 1.807) is 11.3 Å². The molecule has 3 aliphatic rings. The van der Waals surface area contributed by atoms with E-state index in [1.165, 1.54) is 32.2 Å². The zero-order valence-electron chi connectivity index (χ0n) is 9.02. The van der Waals surface area contributed by atoms with Crippen molar-refractivity contribution in [2.24, 2.45) is 5.92 Å². The highest BCUT2D eigenvalue weighted by Gasteiger charge is 2.47. The molecule has 1 aromatic carbocycles. The van der Waals surface area contributed by atoms with Crippen LogP contribution in [0.5, 0.6) is 0 Å². The van der Waals surface area contributed by atoms with Crippen molar-refractivity contribution in [1.82, 2.24) is 0 Å². The summed E-state index contributed by atoms with van der Waals surface area (Å²) in [5, 5.41) is 0. The van der Waals surface area contributed by atoms with Crippen molar-refractivity contribution in [3.05, 3.63) is 29.8 Å². The largest absolute Gasteiger partial charge is 0.367 e. The van der Waals surface area contributed by atoms with Crippen LogP contribution in [0.1, 0.15) is 37.2 Å². The molecule has 1 saturated heterocycles. The smallest absolute Gasteiger partial charge is 0.0405 e. The van der Waals surface area contributed by atoms with Crippen molar-refractivity contribution in [2.45, 2.75) is 37.6 Å². The van der Waals surface area contributed by atoms with Crippen LogP contribution in [0.4, 0.5) is 5.69 Å². The Labute approximate surface area is 91.1 Å². The fraction of sp³-hybridized carbons (Fsp3) is 0.571. The lowest BCUT2D eigenvalue weighted by Gasteiger charge is -2.32. The lowest BCUT2D eigenvalue weighted by Crippen LogP contribution is -2.34. The molecule has 0 radical (unpaired) electrons. The third-order valence-electron chi connectivity index (χ3n) is 4.73. The van der Waals surface area contributed by atoms with Crippen LogP contribution in [0, 0.1) is 5.92 Å². The number of anilines is 1. The Hall–Kier alpha value is -0.980. The van der Waals surface area contributed by atoms with Crippen LogP contribution in [-0.4, -0.2) is 12.6 Å². The summed E-state index contributed by atoms with van der Waals surface area (Å²) in [6, 6.07) is 9.97. The third kappa shape index (κ3) is 0.940. The molecule has 3 atom stereocenters. The molecule has 1 aliphatic carbocycles. The van der Waals surface area contributed by atoms with Gasteiger partial charge in [-0.2, -0.15) is 0 Å². The molecule has 0 unspecified atom stereocenters. The summed E-state index contributed by atoms with van der Waals surface area (Å²) in [7, 11) is 0. The number of hydrogen-bond donors (Lipinski definition) is 0. The minimum absolute atomic E-state index is 0.863. The summed E-state index contributed by atoms with van der Waals surface area (Å²) in [5.41, 5.74) is 3.20. The minimum Gasteiger partial charge on any atom is -0.367 e. The molecule has 78 valence electrons. The highest BCUT2D eigenvalue weighted by atomic mass is 15.2. The van der Waals surface area contributed by atoms with Gasteiger partial charge < -0.3 is 4.90 Å². The first kappa shape index (κ1) is 8.20. The van der Waals surface area contributed by atoms with Gasteiger partial charge in [0.05, 0.1) is 0 Å². The quantitative estimate of drug-likeness (QED) is 0.620. The number of benzene rings is 1. The molecule has 0 N–H and O–H groups in total. The summed E-state index contributed by atoms with van der Waals surface area (Å²) in [6.45, 7) is 1.31. The highest BCUT2D eigenvalue weighted by molar-refractivity contribution is 5.63. The van der Waals surface area contributed by atoms with Crippen molar-refractivity contribution >= 4 is 5.69 Å². The number of rotatable bonds is 0. The molecule has 0 bridgehead atoms. The van der Waals surface area contributed by atoms with E-state index >= 15 is 0 Å². The summed E-state index contributed by atoms with van der Waals surface area (Å²) in [4.78, 5) is 2.70. The van der Waals surface area contributed by atoms with Gasteiger partial charge in [0, 0.05) is 24.2 Å². The molecule has 0 amide bonds. The predicted octanol–water partition coefficient (Wildman–Crippen LogP) is 3.16. The molecule has 1 heteroatoms. The standard InChI is InChI=1S/C14H17N/c1-2-7-13-11(5-1)12-6-3-4-10-8-9-15(13)14(10)12/h1-2,5,7,10,12,14H,3-4,6,8-9H2/t10-,12+,14+/m1/s1. The minimum atomic E-state index is 0.863. The van der Waals surface area contributed by atoms with Gasteiger partial charge in [-0.1, -0.05) is 24.6 Å². The Morgan fingerprint density at radius 2 is 2.00 bits per heavy atom. The average molecular weight is 199 g/mol. The summed E-state index contributed by atoms with van der Waals surface area (Å²) in [5.74, 6) is 1.86. The molecule has 0 spiro atoms. The average Bonchev–Trinajstić information content (AvgIpc) is 2.85. The second-order valence-corrected chi connectivity index (χ2v) is 5.33. The van der Waals surface area contributed by atoms with Crippen molar-refractivity contribution < 1.29 is 0 Å². The zero-order chi connectivity index (χ0) is 9.83. The lowest BCUT2D eigenvalue weighted by atomic mass is 9.76. The molecule has 1 nitrogen and oxygen atoms in total. The Morgan fingerprint density at radius 3 is 3.00 bits per heavy atom. The second kappa shape index (κ2) is 2.78. The maximum Gasteiger partial charge on any atom is 0.0405 e. The fourth-order valence-corrected chi connectivity index (χ4v) is 4.19. The van der Waals surface area contributed by atoms with E-state index in [-0.39, 0.29) is 0 Å². The SMILES string of the molecule is c1ccc2c(c1)[C@@H]1CCC[C@@H]3CCN2[C@@H]31. The van der Waals surface area contributed by atoms with Crippen LogP contribution in [-0.2, 0) is 0 Å². The van der Waals surface area contributed by atoms with Gasteiger partial charge in [0.25, 0.3) is 0 Å². The van der Waals surface area contributed by atoms with Gasteiger partial charge in [-0.3, -0.25) is 0 Å². The van der Waals surface area contributed by atoms with Gasteiger partial charge >= 0.3 is 0 Å². The van der Waals surface area contributed by atoms with Crippen molar-refractivity contribution in [3.8, 4) is 0 Å². The monoisotopic (exact) mass is 199 g/mol. The number of hydrogen-bond acceptors (Lipinski definition) is 1. The Bertz CT molecular complexity index is 383. The Kier molecular flexibility index (Phi) is 1.52. The van der Waals surface area contributed by atoms with Crippen molar-refractivity contribution in [1.29, 1.82) is 0 Å². The maximum absolute atomic E-state index is 2.70. The van der Waals surface area contributed by atoms with Gasteiger partial charge in [0.1, 0.15) is 0 Å². The molecule has 15 heavy (non-hydrogen) atoms. The van der Waals surface area contributed by atoms with Crippen molar-refractivity contribution in [2.75, 3.05) is 11.4 Å². The molecule has 4 rings (SSSR count). The predicted molar refractivity (Wildman–Crippen MR) is 62.3 cm³/mol. The van der Waals surface area contributed by atoms with E-state index in [1.807, 2.05) is 0 Å². The number of fused-ring (bicyclic) bond motifs is 3. The van der Waals surface area contributed by atoms with Gasteiger partial charge in [-0.15, -0.1) is 0 Å². The molecule has 1 aromatic rings. The Balaban J connectivity index is 1.88. The van der Waals surface area contributed by atoms with E-state index in [9.17, 15) is 0 Å². The topological polar surface area (TPSA) is 3.24 Å². The molecule has 2 fully saturated rings. The maximum atomic E-state index is 2.70. The number of nitrogens with zero attached hydrogens (tertiary/aromatic N) is 1. The van der Waals surface area contributed by atoms with E-state index < -0.39 is 0 Å². The summed E-state index contributed by atoms with van der Waals surface area (Å²) < 4.78 is 0. The Morgan fingerprint density at radius 1 is 1.07 bits per heavy atom. The first-order valence-electron chi connectivity index (χ1n) is 6.31. The van der Waals surface area contributed by atoms with E-state index in [2.05, 4.69) is 29.2 Å². The second-order valence-electron chi connectivity index (χ2n) is 5.33. The van der Waals surface area contributed by atoms with E-state index in [4.69, 9.17) is 0 Å². The molecular weight excluding hydrogens is 182 g/mol. The van der Waals surface area contributed by atoms with Gasteiger partial charge in [0.15, 0.2) is 0 Å². The fourth-order valence-electron chi connectivity index (χ4n) is 4.19. The van der Waals surface area contributed by atoms with Gasteiger partial charge in [-0.05, 0) is 36.8 Å². The first-order chi connectivity index (χ1) is 7.45. The van der Waals surface area contributed by atoms with Crippen LogP contribution in [0.25, 0.3) is 0 Å². The summed E-state index contributed by atoms with van der Waals surface area (Å²) >= 11 is 0. The van der Waals surface area contributed by atoms with Crippen LogP contribution in [0.15, 0.2) is 24.3 Å². The molecule has 2 heterocycles. The zero-order valence-corrected chi connectivity index (χ0v) is 9.02. The summed E-state index contributed by atoms with van der Waals surface area (Å²) in [6.07, 6.45) is 5.80. The molecule has 1 saturated carbocycles. The van der Waals surface area contributed by atoms with Gasteiger partial charge in [0.2, 0.25) is 0 Å². The molecule has 0 aromatic heterocycles. The van der Waals surface area contributed by atoms with Crippen LogP contribution in [0.2, 0.25) is 0 Å². The van der Waals surface area contributed by atoms with Crippen molar-refractivity contribution in [3.63, 3.8) is 0 Å². The highest BCUT2D eigenvalue weighted by Crippen LogP contribution is 2.53. The van der Waals surface area contributed by atoms with Crippen LogP contribution < -0.4 is 4.90 Å². The first-order valence-corrected chi connectivity index (χ1v) is 6.31. The van der Waals surface area contributed by atoms with E-state index in [0.29, 0.717) is 0 Å². The third-order valence-corrected chi connectivity index (χ3v) is 4.73. The molecule has 2 aliphatic heterocycles.